The molecule has 0 fully saturated rings. The fourth-order valence-electron chi connectivity index (χ4n) is 4.81. The van der Waals surface area contributed by atoms with Crippen molar-refractivity contribution in [1.29, 1.82) is 0 Å². The normalized spacial score (nSPS) is 18.1. The van der Waals surface area contributed by atoms with Crippen LogP contribution in [0.5, 0.6) is 0 Å². The summed E-state index contributed by atoms with van der Waals surface area (Å²) in [6, 6.07) is 7.08. The third kappa shape index (κ3) is 8.59. The van der Waals surface area contributed by atoms with Gasteiger partial charge in [-0.2, -0.15) is 0 Å². The van der Waals surface area contributed by atoms with Crippen molar-refractivity contribution in [3.05, 3.63) is 29.8 Å². The second-order valence-corrected chi connectivity index (χ2v) is 10.8. The molecule has 1 aliphatic heterocycles. The van der Waals surface area contributed by atoms with Crippen LogP contribution in [0.4, 0.5) is 5.69 Å². The molecule has 36 heavy (non-hydrogen) atoms. The summed E-state index contributed by atoms with van der Waals surface area (Å²) in [4.78, 5) is 39.9. The van der Waals surface area contributed by atoms with Gasteiger partial charge < -0.3 is 25.8 Å². The molecule has 0 bridgehead atoms. The second-order valence-electron chi connectivity index (χ2n) is 10.8. The van der Waals surface area contributed by atoms with Gasteiger partial charge in [0.1, 0.15) is 0 Å². The van der Waals surface area contributed by atoms with E-state index < -0.39 is 23.5 Å². The summed E-state index contributed by atoms with van der Waals surface area (Å²) in [5.41, 5.74) is 7.62. The maximum Gasteiger partial charge on any atom is 0.311 e. The van der Waals surface area contributed by atoms with Gasteiger partial charge in [0.2, 0.25) is 11.8 Å². The van der Waals surface area contributed by atoms with Crippen LogP contribution < -0.4 is 16.0 Å². The standard InChI is InChI=1S/C28H45N3O5/c1-6-8-13-30-26(34)19(3)14-24(32)22(29)16-28(4,5)17-25(33)31-18-21(27(35)36-7-2)15-20-11-9-10-12-23(20)31/h9-12,19,21-22,24,32H,6-8,13-18,29H2,1-5H3,(H,30,34)/t19-,21?,22+,24+/m1/s1. The van der Waals surface area contributed by atoms with Crippen molar-refractivity contribution in [2.75, 3.05) is 24.6 Å². The quantitative estimate of drug-likeness (QED) is 0.281. The number of unbranched alkanes of at least 4 members (excludes halogenated alkanes) is 1. The SMILES string of the molecule is CCCCNC(=O)[C@H](C)C[C@H](O)[C@@H](N)CC(C)(C)CC(=O)N1CC(C(=O)OCC)Cc2ccccc21. The molecule has 4 N–H and O–H groups in total. The van der Waals surface area contributed by atoms with Crippen molar-refractivity contribution in [2.24, 2.45) is 23.0 Å². The Morgan fingerprint density at radius 3 is 2.61 bits per heavy atom. The number of aliphatic hydroxyl groups excluding tert-OH is 1. The number of anilines is 1. The monoisotopic (exact) mass is 503 g/mol. The molecule has 4 atom stereocenters. The van der Waals surface area contributed by atoms with Gasteiger partial charge in [-0.3, -0.25) is 14.4 Å². The number of para-hydroxylation sites is 1. The van der Waals surface area contributed by atoms with Crippen LogP contribution in [0.1, 0.15) is 72.3 Å². The molecular weight excluding hydrogens is 458 g/mol. The Hall–Kier alpha value is -2.45. The van der Waals surface area contributed by atoms with E-state index in [9.17, 15) is 19.5 Å². The van der Waals surface area contributed by atoms with Gasteiger partial charge in [-0.15, -0.1) is 0 Å². The van der Waals surface area contributed by atoms with E-state index in [0.29, 0.717) is 26.0 Å². The number of aliphatic hydroxyl groups is 1. The number of benzene rings is 1. The molecule has 202 valence electrons. The first kappa shape index (κ1) is 29.8. The highest BCUT2D eigenvalue weighted by Gasteiger charge is 2.36. The number of carbonyl (C=O) groups is 3. The van der Waals surface area contributed by atoms with Crippen LogP contribution in [-0.4, -0.2) is 54.7 Å². The molecule has 8 nitrogen and oxygen atoms in total. The molecule has 2 amide bonds. The number of hydrogen-bond donors (Lipinski definition) is 3. The molecule has 0 aliphatic carbocycles. The summed E-state index contributed by atoms with van der Waals surface area (Å²) in [7, 11) is 0. The van der Waals surface area contributed by atoms with E-state index in [2.05, 4.69) is 12.2 Å². The smallest absolute Gasteiger partial charge is 0.311 e. The highest BCUT2D eigenvalue weighted by Crippen LogP contribution is 2.34. The fraction of sp³-hybridized carbons (Fsp3) is 0.679. The number of ether oxygens (including phenoxy) is 1. The number of nitrogens with one attached hydrogen (secondary N) is 1. The predicted molar refractivity (Wildman–Crippen MR) is 141 cm³/mol. The topological polar surface area (TPSA) is 122 Å². The second kappa shape index (κ2) is 13.7. The molecule has 0 saturated heterocycles. The number of nitrogens with two attached hydrogens (primary N) is 1. The first-order valence-corrected chi connectivity index (χ1v) is 13.2. The Bertz CT molecular complexity index is 888. The molecular formula is C28H45N3O5. The van der Waals surface area contributed by atoms with Crippen molar-refractivity contribution in [3.8, 4) is 0 Å². The summed E-state index contributed by atoms with van der Waals surface area (Å²) >= 11 is 0. The Balaban J connectivity index is 2.00. The largest absolute Gasteiger partial charge is 0.466 e. The first-order chi connectivity index (χ1) is 17.0. The molecule has 1 unspecified atom stereocenters. The molecule has 8 heteroatoms. The lowest BCUT2D eigenvalue weighted by Gasteiger charge is -2.36. The number of fused-ring (bicyclic) bond motifs is 1. The van der Waals surface area contributed by atoms with E-state index in [0.717, 1.165) is 24.1 Å². The molecule has 1 aromatic rings. The Morgan fingerprint density at radius 1 is 1.25 bits per heavy atom. The number of nitrogens with zero attached hydrogens (tertiary/aromatic N) is 1. The van der Waals surface area contributed by atoms with E-state index in [1.54, 1.807) is 18.7 Å². The zero-order chi connectivity index (χ0) is 26.9. The average Bonchev–Trinajstić information content (AvgIpc) is 2.82. The molecule has 0 aromatic heterocycles. The van der Waals surface area contributed by atoms with Gasteiger partial charge in [0.15, 0.2) is 0 Å². The lowest BCUT2D eigenvalue weighted by atomic mass is 9.79. The molecule has 0 radical (unpaired) electrons. The Kier molecular flexibility index (Phi) is 11.4. The van der Waals surface area contributed by atoms with Gasteiger partial charge in [0.25, 0.3) is 0 Å². The Labute approximate surface area is 215 Å². The van der Waals surface area contributed by atoms with Crippen LogP contribution in [-0.2, 0) is 25.5 Å². The van der Waals surface area contributed by atoms with E-state index in [4.69, 9.17) is 10.5 Å². The number of carbonyl (C=O) groups excluding carboxylic acids is 3. The van der Waals surface area contributed by atoms with Crippen LogP contribution >= 0.6 is 0 Å². The van der Waals surface area contributed by atoms with Crippen molar-refractivity contribution in [1.82, 2.24) is 5.32 Å². The summed E-state index contributed by atoms with van der Waals surface area (Å²) in [6.45, 7) is 10.8. The van der Waals surface area contributed by atoms with Crippen molar-refractivity contribution in [3.63, 3.8) is 0 Å². The predicted octanol–water partition coefficient (Wildman–Crippen LogP) is 3.19. The van der Waals surface area contributed by atoms with Crippen LogP contribution in [0.15, 0.2) is 24.3 Å². The van der Waals surface area contributed by atoms with Gasteiger partial charge in [-0.1, -0.05) is 52.3 Å². The van der Waals surface area contributed by atoms with E-state index in [1.807, 2.05) is 38.1 Å². The average molecular weight is 504 g/mol. The summed E-state index contributed by atoms with van der Waals surface area (Å²) < 4.78 is 5.23. The molecule has 0 spiro atoms. The maximum absolute atomic E-state index is 13.5. The first-order valence-electron chi connectivity index (χ1n) is 13.2. The van der Waals surface area contributed by atoms with Gasteiger partial charge in [-0.05, 0) is 49.7 Å². The van der Waals surface area contributed by atoms with E-state index in [1.165, 1.54) is 0 Å². The number of hydrogen-bond acceptors (Lipinski definition) is 6. The molecule has 2 rings (SSSR count). The van der Waals surface area contributed by atoms with Crippen molar-refractivity contribution < 1.29 is 24.2 Å². The van der Waals surface area contributed by atoms with Gasteiger partial charge in [0, 0.05) is 37.2 Å². The molecule has 0 saturated carbocycles. The molecule has 1 aliphatic rings. The highest BCUT2D eigenvalue weighted by molar-refractivity contribution is 5.96. The van der Waals surface area contributed by atoms with Gasteiger partial charge in [-0.25, -0.2) is 0 Å². The summed E-state index contributed by atoms with van der Waals surface area (Å²) in [5.74, 6) is -1.21. The maximum atomic E-state index is 13.5. The Morgan fingerprint density at radius 2 is 1.94 bits per heavy atom. The van der Waals surface area contributed by atoms with Gasteiger partial charge in [0.05, 0.1) is 18.6 Å². The zero-order valence-corrected chi connectivity index (χ0v) is 22.6. The fourth-order valence-corrected chi connectivity index (χ4v) is 4.81. The minimum absolute atomic E-state index is 0.0796. The summed E-state index contributed by atoms with van der Waals surface area (Å²) in [5, 5.41) is 13.6. The lowest BCUT2D eigenvalue weighted by molar-refractivity contribution is -0.147. The lowest BCUT2D eigenvalue weighted by Crippen LogP contribution is -2.46. The highest BCUT2D eigenvalue weighted by atomic mass is 16.5. The van der Waals surface area contributed by atoms with Crippen molar-refractivity contribution in [2.45, 2.75) is 85.3 Å². The van der Waals surface area contributed by atoms with Crippen LogP contribution in [0.2, 0.25) is 0 Å². The minimum Gasteiger partial charge on any atom is -0.466 e. The minimum atomic E-state index is -0.852. The van der Waals surface area contributed by atoms with Crippen LogP contribution in [0, 0.1) is 17.3 Å². The van der Waals surface area contributed by atoms with E-state index >= 15 is 0 Å². The third-order valence-corrected chi connectivity index (χ3v) is 6.86. The third-order valence-electron chi connectivity index (χ3n) is 6.86. The number of esters is 1. The number of amides is 2. The summed E-state index contributed by atoms with van der Waals surface area (Å²) in [6.07, 6.45) is 2.52. The molecule has 1 aromatic carbocycles. The van der Waals surface area contributed by atoms with E-state index in [-0.39, 0.29) is 43.1 Å². The van der Waals surface area contributed by atoms with Crippen molar-refractivity contribution >= 4 is 23.5 Å². The molecule has 1 heterocycles. The van der Waals surface area contributed by atoms with Crippen LogP contribution in [0.25, 0.3) is 0 Å². The van der Waals surface area contributed by atoms with Gasteiger partial charge >= 0.3 is 5.97 Å². The zero-order valence-electron chi connectivity index (χ0n) is 22.6. The van der Waals surface area contributed by atoms with Crippen LogP contribution in [0.3, 0.4) is 0 Å². The number of rotatable bonds is 13.